The average Bonchev–Trinajstić information content (AvgIpc) is 3.22. The second-order valence-electron chi connectivity index (χ2n) is 4.68. The van der Waals surface area contributed by atoms with Crippen molar-refractivity contribution in [2.75, 3.05) is 7.11 Å². The number of benzene rings is 1. The van der Waals surface area contributed by atoms with Gasteiger partial charge in [-0.05, 0) is 18.2 Å². The van der Waals surface area contributed by atoms with Gasteiger partial charge in [-0.2, -0.15) is 0 Å². The Balaban J connectivity index is 1.69. The van der Waals surface area contributed by atoms with Crippen LogP contribution in [0.4, 0.5) is 0 Å². The second-order valence-corrected chi connectivity index (χ2v) is 5.12. The Labute approximate surface area is 137 Å². The minimum Gasteiger partial charge on any atom is -0.483 e. The Bertz CT molecular complexity index is 808. The number of H-pyrrole nitrogens is 1. The van der Waals surface area contributed by atoms with Gasteiger partial charge in [0.2, 0.25) is 0 Å². The van der Waals surface area contributed by atoms with Crippen molar-refractivity contribution in [3.63, 3.8) is 0 Å². The first-order valence-corrected chi connectivity index (χ1v) is 7.15. The predicted molar refractivity (Wildman–Crippen MR) is 83.4 cm³/mol. The van der Waals surface area contributed by atoms with E-state index >= 15 is 0 Å². The summed E-state index contributed by atoms with van der Waals surface area (Å²) in [5.41, 5.74) is 1.83. The molecule has 0 bridgehead atoms. The third-order valence-electron chi connectivity index (χ3n) is 3.17. The maximum atomic E-state index is 11.5. The quantitative estimate of drug-likeness (QED) is 0.721. The van der Waals surface area contributed by atoms with Crippen molar-refractivity contribution in [1.29, 1.82) is 0 Å². The molecule has 0 saturated carbocycles. The highest BCUT2D eigenvalue weighted by molar-refractivity contribution is 6.30. The summed E-state index contributed by atoms with van der Waals surface area (Å²) >= 11 is 5.86. The summed E-state index contributed by atoms with van der Waals surface area (Å²) in [5, 5.41) is 4.65. The molecule has 0 radical (unpaired) electrons. The lowest BCUT2D eigenvalue weighted by Gasteiger charge is -2.03. The van der Waals surface area contributed by atoms with Crippen LogP contribution < -0.4 is 4.74 Å². The van der Waals surface area contributed by atoms with E-state index in [2.05, 4.69) is 14.9 Å². The van der Waals surface area contributed by atoms with Gasteiger partial charge in [-0.1, -0.05) is 28.9 Å². The number of esters is 1. The first-order chi connectivity index (χ1) is 11.2. The highest BCUT2D eigenvalue weighted by Gasteiger charge is 2.15. The van der Waals surface area contributed by atoms with Crippen LogP contribution >= 0.6 is 11.6 Å². The number of halogens is 1. The third-order valence-corrected chi connectivity index (χ3v) is 3.42. The van der Waals surface area contributed by atoms with E-state index in [1.807, 2.05) is 12.1 Å². The van der Waals surface area contributed by atoms with E-state index in [0.29, 0.717) is 22.2 Å². The molecule has 23 heavy (non-hydrogen) atoms. The molecule has 2 aromatic heterocycles. The molecule has 0 saturated heterocycles. The summed E-state index contributed by atoms with van der Waals surface area (Å²) in [7, 11) is 1.31. The summed E-state index contributed by atoms with van der Waals surface area (Å²) in [4.78, 5) is 14.3. The number of aromatic nitrogens is 2. The van der Waals surface area contributed by atoms with Crippen LogP contribution in [-0.2, 0) is 11.3 Å². The lowest BCUT2D eigenvalue weighted by molar-refractivity contribution is 0.0589. The van der Waals surface area contributed by atoms with Gasteiger partial charge in [0, 0.05) is 22.8 Å². The number of aromatic amines is 1. The molecule has 3 aromatic rings. The fourth-order valence-electron chi connectivity index (χ4n) is 2.02. The number of nitrogens with one attached hydrogen (secondary N) is 1. The molecule has 0 aliphatic rings. The van der Waals surface area contributed by atoms with Gasteiger partial charge in [0.25, 0.3) is 0 Å². The summed E-state index contributed by atoms with van der Waals surface area (Å²) in [5.74, 6) is 0.428. The zero-order valence-corrected chi connectivity index (χ0v) is 13.0. The van der Waals surface area contributed by atoms with Crippen molar-refractivity contribution < 1.29 is 18.8 Å². The molecule has 0 aliphatic heterocycles. The molecule has 3 rings (SSSR count). The molecule has 1 aromatic carbocycles. The maximum Gasteiger partial charge on any atom is 0.358 e. The zero-order valence-electron chi connectivity index (χ0n) is 12.2. The number of rotatable bonds is 5. The molecular weight excluding hydrogens is 320 g/mol. The fraction of sp³-hybridized carbons (Fsp3) is 0.125. The van der Waals surface area contributed by atoms with Gasteiger partial charge in [-0.15, -0.1) is 0 Å². The van der Waals surface area contributed by atoms with Gasteiger partial charge < -0.3 is 19.0 Å². The number of hydrogen-bond donors (Lipinski definition) is 1. The number of ether oxygens (including phenoxy) is 2. The zero-order chi connectivity index (χ0) is 16.2. The largest absolute Gasteiger partial charge is 0.483 e. The van der Waals surface area contributed by atoms with Crippen LogP contribution in [0.15, 0.2) is 47.1 Å². The van der Waals surface area contributed by atoms with Crippen LogP contribution in [-0.4, -0.2) is 23.2 Å². The first kappa shape index (κ1) is 15.2. The fourth-order valence-corrected chi connectivity index (χ4v) is 2.15. The Morgan fingerprint density at radius 2 is 2.09 bits per heavy atom. The smallest absolute Gasteiger partial charge is 0.358 e. The lowest BCUT2D eigenvalue weighted by atomic mass is 10.1. The molecule has 0 atom stereocenters. The van der Waals surface area contributed by atoms with Crippen LogP contribution in [0.2, 0.25) is 5.02 Å². The molecular formula is C16H13ClN2O4. The molecule has 0 spiro atoms. The normalized spacial score (nSPS) is 10.5. The van der Waals surface area contributed by atoms with Crippen LogP contribution in [0.1, 0.15) is 16.2 Å². The molecule has 2 heterocycles. The Morgan fingerprint density at radius 3 is 2.83 bits per heavy atom. The van der Waals surface area contributed by atoms with Crippen LogP contribution in [0.3, 0.4) is 0 Å². The molecule has 0 aliphatic carbocycles. The van der Waals surface area contributed by atoms with Gasteiger partial charge >= 0.3 is 5.97 Å². The number of carbonyl (C=O) groups excluding carboxylic acids is 1. The number of hydrogen-bond acceptors (Lipinski definition) is 5. The number of nitrogens with zero attached hydrogens (tertiary/aromatic N) is 1. The molecule has 0 fully saturated rings. The molecule has 118 valence electrons. The lowest BCUT2D eigenvalue weighted by Crippen LogP contribution is -2.05. The number of methoxy groups -OCH3 is 1. The third kappa shape index (κ3) is 3.37. The topological polar surface area (TPSA) is 77.4 Å². The van der Waals surface area contributed by atoms with Gasteiger partial charge in [0.15, 0.2) is 17.2 Å². The highest BCUT2D eigenvalue weighted by atomic mass is 35.5. The van der Waals surface area contributed by atoms with E-state index in [1.165, 1.54) is 7.11 Å². The monoisotopic (exact) mass is 332 g/mol. The Kier molecular flexibility index (Phi) is 4.34. The standard InChI is InChI=1S/C16H13ClN2O4/c1-21-16(20)15-14(6-7-18-15)22-9-12-8-13(19-23-12)10-2-4-11(17)5-3-10/h2-8,18H,9H2,1H3. The van der Waals surface area contributed by atoms with Crippen molar-refractivity contribution >= 4 is 17.6 Å². The molecule has 0 amide bonds. The van der Waals surface area contributed by atoms with E-state index in [0.717, 1.165) is 5.56 Å². The van der Waals surface area contributed by atoms with Crippen molar-refractivity contribution in [3.8, 4) is 17.0 Å². The van der Waals surface area contributed by atoms with Gasteiger partial charge in [-0.3, -0.25) is 0 Å². The van der Waals surface area contributed by atoms with Crippen LogP contribution in [0, 0.1) is 0 Å². The van der Waals surface area contributed by atoms with E-state index in [-0.39, 0.29) is 12.3 Å². The summed E-state index contributed by atoms with van der Waals surface area (Å²) in [6, 6.07) is 10.7. The van der Waals surface area contributed by atoms with Crippen LogP contribution in [0.25, 0.3) is 11.3 Å². The van der Waals surface area contributed by atoms with Gasteiger partial charge in [0.1, 0.15) is 12.3 Å². The SMILES string of the molecule is COC(=O)c1[nH]ccc1OCc1cc(-c2ccc(Cl)cc2)no1. The van der Waals surface area contributed by atoms with E-state index in [1.54, 1.807) is 30.5 Å². The molecule has 6 nitrogen and oxygen atoms in total. The van der Waals surface area contributed by atoms with Gasteiger partial charge in [0.05, 0.1) is 7.11 Å². The van der Waals surface area contributed by atoms with Crippen molar-refractivity contribution in [2.45, 2.75) is 6.61 Å². The minimum absolute atomic E-state index is 0.141. The van der Waals surface area contributed by atoms with E-state index in [4.69, 9.17) is 20.9 Å². The highest BCUT2D eigenvalue weighted by Crippen LogP contribution is 2.23. The molecule has 0 unspecified atom stereocenters. The summed E-state index contributed by atoms with van der Waals surface area (Å²) < 4.78 is 15.5. The van der Waals surface area contributed by atoms with Crippen molar-refractivity contribution in [3.05, 3.63) is 59.1 Å². The van der Waals surface area contributed by atoms with E-state index < -0.39 is 5.97 Å². The summed E-state index contributed by atoms with van der Waals surface area (Å²) in [6.07, 6.45) is 1.60. The predicted octanol–water partition coefficient (Wildman–Crippen LogP) is 3.69. The summed E-state index contributed by atoms with van der Waals surface area (Å²) in [6.45, 7) is 0.141. The Morgan fingerprint density at radius 1 is 1.30 bits per heavy atom. The second kappa shape index (κ2) is 6.58. The molecule has 7 heteroatoms. The number of carbonyl (C=O) groups is 1. The van der Waals surface area contributed by atoms with E-state index in [9.17, 15) is 4.79 Å². The average molecular weight is 333 g/mol. The molecule has 1 N–H and O–H groups in total. The first-order valence-electron chi connectivity index (χ1n) is 6.77. The van der Waals surface area contributed by atoms with Crippen LogP contribution in [0.5, 0.6) is 5.75 Å². The minimum atomic E-state index is -0.496. The van der Waals surface area contributed by atoms with Crippen molar-refractivity contribution in [1.82, 2.24) is 10.1 Å². The van der Waals surface area contributed by atoms with Gasteiger partial charge in [-0.25, -0.2) is 4.79 Å². The van der Waals surface area contributed by atoms with Crippen molar-refractivity contribution in [2.24, 2.45) is 0 Å². The maximum absolute atomic E-state index is 11.5. The Hall–Kier alpha value is -2.73.